The molecule has 0 atom stereocenters. The first kappa shape index (κ1) is 21.9. The highest BCUT2D eigenvalue weighted by Gasteiger charge is 2.24. The summed E-state index contributed by atoms with van der Waals surface area (Å²) in [5, 5.41) is 12.8. The summed E-state index contributed by atoms with van der Waals surface area (Å²) in [6.07, 6.45) is 9.72. The summed E-state index contributed by atoms with van der Waals surface area (Å²) >= 11 is 1.48. The SMILES string of the molecule is O=C(CCC(=O)N1CCC(Cc2ccccc2)CC1)Nc1nnc(C2CCCCC2)s1. The number of benzene rings is 1. The Hall–Kier alpha value is -2.28. The fraction of sp³-hybridized carbons (Fsp3) is 0.583. The number of aromatic nitrogens is 2. The summed E-state index contributed by atoms with van der Waals surface area (Å²) in [5.74, 6) is 1.04. The summed E-state index contributed by atoms with van der Waals surface area (Å²) in [7, 11) is 0. The highest BCUT2D eigenvalue weighted by atomic mass is 32.1. The number of nitrogens with zero attached hydrogens (tertiary/aromatic N) is 3. The topological polar surface area (TPSA) is 75.2 Å². The average Bonchev–Trinajstić information content (AvgIpc) is 3.28. The molecule has 166 valence electrons. The van der Waals surface area contributed by atoms with E-state index in [0.29, 0.717) is 17.0 Å². The van der Waals surface area contributed by atoms with Gasteiger partial charge in [-0.3, -0.25) is 9.59 Å². The summed E-state index contributed by atoms with van der Waals surface area (Å²) in [6.45, 7) is 1.58. The quantitative estimate of drug-likeness (QED) is 0.672. The van der Waals surface area contributed by atoms with Crippen molar-refractivity contribution < 1.29 is 9.59 Å². The molecule has 2 aromatic rings. The summed E-state index contributed by atoms with van der Waals surface area (Å²) in [6, 6.07) is 10.6. The Kier molecular flexibility index (Phi) is 7.67. The van der Waals surface area contributed by atoms with Gasteiger partial charge in [0.15, 0.2) is 0 Å². The molecular weight excluding hydrogens is 408 g/mol. The number of hydrogen-bond donors (Lipinski definition) is 1. The lowest BCUT2D eigenvalue weighted by Crippen LogP contribution is -2.39. The minimum atomic E-state index is -0.154. The summed E-state index contributed by atoms with van der Waals surface area (Å²) < 4.78 is 0. The first-order chi connectivity index (χ1) is 15.2. The maximum absolute atomic E-state index is 12.6. The van der Waals surface area contributed by atoms with Crippen molar-refractivity contribution in [3.8, 4) is 0 Å². The van der Waals surface area contributed by atoms with Gasteiger partial charge in [0.2, 0.25) is 16.9 Å². The number of amides is 2. The molecule has 4 rings (SSSR count). The number of hydrogen-bond acceptors (Lipinski definition) is 5. The maximum atomic E-state index is 12.6. The molecule has 1 aliphatic carbocycles. The van der Waals surface area contributed by atoms with E-state index in [4.69, 9.17) is 0 Å². The van der Waals surface area contributed by atoms with Crippen molar-refractivity contribution in [1.29, 1.82) is 0 Å². The van der Waals surface area contributed by atoms with E-state index in [2.05, 4.69) is 39.8 Å². The summed E-state index contributed by atoms with van der Waals surface area (Å²) in [4.78, 5) is 26.8. The highest BCUT2D eigenvalue weighted by Crippen LogP contribution is 2.35. The predicted octanol–water partition coefficient (Wildman–Crippen LogP) is 4.79. The number of carbonyl (C=O) groups is 2. The van der Waals surface area contributed by atoms with Gasteiger partial charge in [-0.2, -0.15) is 0 Å². The van der Waals surface area contributed by atoms with Gasteiger partial charge in [-0.05, 0) is 43.6 Å². The van der Waals surface area contributed by atoms with Crippen LogP contribution in [0.4, 0.5) is 5.13 Å². The molecule has 1 aromatic carbocycles. The zero-order valence-corrected chi connectivity index (χ0v) is 18.9. The van der Waals surface area contributed by atoms with E-state index in [1.54, 1.807) is 0 Å². The van der Waals surface area contributed by atoms with Crippen molar-refractivity contribution in [1.82, 2.24) is 15.1 Å². The van der Waals surface area contributed by atoms with Crippen LogP contribution in [0.15, 0.2) is 30.3 Å². The Morgan fingerprint density at radius 1 is 0.968 bits per heavy atom. The lowest BCUT2D eigenvalue weighted by Gasteiger charge is -2.32. The lowest BCUT2D eigenvalue weighted by molar-refractivity contribution is -0.134. The second-order valence-electron chi connectivity index (χ2n) is 8.84. The molecule has 2 aliphatic rings. The zero-order valence-electron chi connectivity index (χ0n) is 18.1. The third kappa shape index (κ3) is 6.35. The molecular formula is C24H32N4O2S. The molecule has 1 N–H and O–H groups in total. The first-order valence-electron chi connectivity index (χ1n) is 11.6. The van der Waals surface area contributed by atoms with Crippen LogP contribution in [0.5, 0.6) is 0 Å². The minimum absolute atomic E-state index is 0.0773. The number of rotatable bonds is 7. The summed E-state index contributed by atoms with van der Waals surface area (Å²) in [5.41, 5.74) is 1.37. The molecule has 2 amide bonds. The number of nitrogens with one attached hydrogen (secondary N) is 1. The Labute approximate surface area is 188 Å². The fourth-order valence-electron chi connectivity index (χ4n) is 4.69. The highest BCUT2D eigenvalue weighted by molar-refractivity contribution is 7.15. The molecule has 1 saturated heterocycles. The molecule has 31 heavy (non-hydrogen) atoms. The standard InChI is InChI=1S/C24H32N4O2S/c29-21(25-24-27-26-23(31-24)20-9-5-2-6-10-20)11-12-22(30)28-15-13-19(14-16-28)17-18-7-3-1-4-8-18/h1,3-4,7-8,19-20H,2,5-6,9-17H2,(H,25,27,29). The van der Waals surface area contributed by atoms with Crippen molar-refractivity contribution in [2.75, 3.05) is 18.4 Å². The molecule has 0 unspecified atom stereocenters. The van der Waals surface area contributed by atoms with Crippen LogP contribution in [-0.2, 0) is 16.0 Å². The number of anilines is 1. The van der Waals surface area contributed by atoms with Gasteiger partial charge in [-0.15, -0.1) is 10.2 Å². The van der Waals surface area contributed by atoms with Gasteiger partial charge in [0.05, 0.1) is 0 Å². The van der Waals surface area contributed by atoms with Crippen LogP contribution in [0.3, 0.4) is 0 Å². The molecule has 1 aliphatic heterocycles. The second-order valence-corrected chi connectivity index (χ2v) is 9.85. The number of likely N-dealkylation sites (tertiary alicyclic amines) is 1. The van der Waals surface area contributed by atoms with Crippen LogP contribution in [0.25, 0.3) is 0 Å². The van der Waals surface area contributed by atoms with Gasteiger partial charge in [-0.25, -0.2) is 0 Å². The third-order valence-corrected chi connectivity index (χ3v) is 7.54. The van der Waals surface area contributed by atoms with Gasteiger partial charge in [0.1, 0.15) is 5.01 Å². The van der Waals surface area contributed by atoms with E-state index >= 15 is 0 Å². The van der Waals surface area contributed by atoms with Gasteiger partial charge >= 0.3 is 0 Å². The second kappa shape index (κ2) is 10.8. The Morgan fingerprint density at radius 3 is 2.45 bits per heavy atom. The monoisotopic (exact) mass is 440 g/mol. The smallest absolute Gasteiger partial charge is 0.226 e. The minimum Gasteiger partial charge on any atom is -0.343 e. The van der Waals surface area contributed by atoms with E-state index in [1.165, 1.54) is 49.0 Å². The van der Waals surface area contributed by atoms with Gasteiger partial charge in [0.25, 0.3) is 0 Å². The third-order valence-electron chi connectivity index (χ3n) is 6.54. The van der Waals surface area contributed by atoms with E-state index in [0.717, 1.165) is 37.4 Å². The van der Waals surface area contributed by atoms with Crippen LogP contribution >= 0.6 is 11.3 Å². The maximum Gasteiger partial charge on any atom is 0.226 e. The Bertz CT molecular complexity index is 855. The lowest BCUT2D eigenvalue weighted by atomic mass is 9.90. The van der Waals surface area contributed by atoms with E-state index in [9.17, 15) is 9.59 Å². The number of carbonyl (C=O) groups excluding carboxylic acids is 2. The van der Waals surface area contributed by atoms with Crippen molar-refractivity contribution in [3.05, 3.63) is 40.9 Å². The molecule has 2 heterocycles. The van der Waals surface area contributed by atoms with Crippen LogP contribution in [0.2, 0.25) is 0 Å². The molecule has 0 spiro atoms. The molecule has 0 bridgehead atoms. The van der Waals surface area contributed by atoms with Crippen LogP contribution in [0.1, 0.15) is 74.3 Å². The normalized spacial score (nSPS) is 18.1. The van der Waals surface area contributed by atoms with E-state index in [1.807, 2.05) is 11.0 Å². The predicted molar refractivity (Wildman–Crippen MR) is 123 cm³/mol. The van der Waals surface area contributed by atoms with Gasteiger partial charge in [-0.1, -0.05) is 60.9 Å². The largest absolute Gasteiger partial charge is 0.343 e. The molecule has 0 radical (unpaired) electrons. The van der Waals surface area contributed by atoms with Gasteiger partial charge < -0.3 is 10.2 Å². The zero-order chi connectivity index (χ0) is 21.5. The van der Waals surface area contributed by atoms with E-state index in [-0.39, 0.29) is 24.7 Å². The fourth-order valence-corrected chi connectivity index (χ4v) is 5.62. The van der Waals surface area contributed by atoms with Crippen molar-refractivity contribution in [2.24, 2.45) is 5.92 Å². The van der Waals surface area contributed by atoms with Gasteiger partial charge in [0, 0.05) is 31.8 Å². The number of piperidine rings is 1. The molecule has 7 heteroatoms. The van der Waals surface area contributed by atoms with Crippen molar-refractivity contribution in [3.63, 3.8) is 0 Å². The van der Waals surface area contributed by atoms with Crippen LogP contribution in [-0.4, -0.2) is 40.0 Å². The Morgan fingerprint density at radius 2 is 1.71 bits per heavy atom. The van der Waals surface area contributed by atoms with Crippen molar-refractivity contribution >= 4 is 28.3 Å². The first-order valence-corrected chi connectivity index (χ1v) is 12.4. The van der Waals surface area contributed by atoms with Crippen LogP contribution < -0.4 is 5.32 Å². The van der Waals surface area contributed by atoms with Crippen molar-refractivity contribution in [2.45, 2.75) is 70.1 Å². The molecule has 2 fully saturated rings. The Balaban J connectivity index is 1.16. The molecule has 1 saturated carbocycles. The molecule has 6 nitrogen and oxygen atoms in total. The molecule has 1 aromatic heterocycles. The van der Waals surface area contributed by atoms with Crippen LogP contribution in [0, 0.1) is 5.92 Å². The van der Waals surface area contributed by atoms with E-state index < -0.39 is 0 Å². The average molecular weight is 441 g/mol.